The molecule has 0 radical (unpaired) electrons. The third-order valence-electron chi connectivity index (χ3n) is 4.46. The molecule has 4 atom stereocenters. The van der Waals surface area contributed by atoms with Crippen LogP contribution in [0.4, 0.5) is 5.95 Å². The number of hydrogen-bond acceptors (Lipinski definition) is 9. The molecule has 12 nitrogen and oxygen atoms in total. The van der Waals surface area contributed by atoms with Crippen molar-refractivity contribution in [3.8, 4) is 0 Å². The second kappa shape index (κ2) is 7.24. The molecule has 0 aliphatic carbocycles. The van der Waals surface area contributed by atoms with Crippen LogP contribution in [0.1, 0.15) is 20.1 Å². The fourth-order valence-corrected chi connectivity index (χ4v) is 4.29. The third-order valence-corrected chi connectivity index (χ3v) is 5.96. The van der Waals surface area contributed by atoms with Crippen molar-refractivity contribution in [1.29, 1.82) is 0 Å². The fraction of sp³-hybridized carbons (Fsp3) is 0.600. The van der Waals surface area contributed by atoms with Gasteiger partial charge in [-0.2, -0.15) is 4.98 Å². The Hall–Kier alpha value is -2.35. The minimum Gasteiger partial charge on any atom is -0.394 e. The van der Waals surface area contributed by atoms with Crippen LogP contribution in [0.5, 0.6) is 0 Å². The number of fused-ring (bicyclic) bond motifs is 1. The number of sulfone groups is 1. The van der Waals surface area contributed by atoms with Crippen LogP contribution in [-0.2, 0) is 19.4 Å². The number of rotatable bonds is 5. The summed E-state index contributed by atoms with van der Waals surface area (Å²) in [5.41, 5.74) is -0.774. The van der Waals surface area contributed by atoms with Crippen LogP contribution in [0, 0.1) is 5.92 Å². The molecule has 2 aromatic rings. The lowest BCUT2D eigenvalue weighted by atomic mass is 10.2. The standard InChI is InChI=1S/C15H21N5O7S/c1-6(2)12(23)18-15-17-11-8(13(24)19-15)16-5-20(11)14-10(28(3,25)26)9(22)7(4-21)27-14/h5-7,9-10,14,21-22H,4H2,1-3H3,(H2,17,18,19,23,24)/t7-,9-,10-,14-/m1/s1. The number of amides is 1. The molecule has 28 heavy (non-hydrogen) atoms. The lowest BCUT2D eigenvalue weighted by Crippen LogP contribution is -2.38. The minimum absolute atomic E-state index is 0.0350. The molecule has 0 aromatic carbocycles. The normalized spacial score (nSPS) is 25.5. The van der Waals surface area contributed by atoms with Crippen LogP contribution < -0.4 is 10.9 Å². The second-order valence-electron chi connectivity index (χ2n) is 6.91. The maximum atomic E-state index is 12.3. The smallest absolute Gasteiger partial charge is 0.280 e. The Labute approximate surface area is 159 Å². The maximum Gasteiger partial charge on any atom is 0.280 e. The summed E-state index contributed by atoms with van der Waals surface area (Å²) in [7, 11) is -3.81. The van der Waals surface area contributed by atoms with Gasteiger partial charge in [-0.15, -0.1) is 0 Å². The number of nitrogens with one attached hydrogen (secondary N) is 2. The number of H-pyrrole nitrogens is 1. The summed E-state index contributed by atoms with van der Waals surface area (Å²) in [5.74, 6) is -0.874. The highest BCUT2D eigenvalue weighted by atomic mass is 32.2. The summed E-state index contributed by atoms with van der Waals surface area (Å²) in [6, 6.07) is 0. The molecular weight excluding hydrogens is 394 g/mol. The van der Waals surface area contributed by atoms with Crippen LogP contribution >= 0.6 is 0 Å². The Morgan fingerprint density at radius 1 is 1.46 bits per heavy atom. The average Bonchev–Trinajstić information content (AvgIpc) is 3.15. The van der Waals surface area contributed by atoms with E-state index in [1.165, 1.54) is 4.57 Å². The molecular formula is C15H21N5O7S. The lowest BCUT2D eigenvalue weighted by Gasteiger charge is -2.20. The number of aromatic nitrogens is 4. The van der Waals surface area contributed by atoms with Crippen molar-refractivity contribution in [3.05, 3.63) is 16.7 Å². The first-order valence-electron chi connectivity index (χ1n) is 8.45. The molecule has 0 unspecified atom stereocenters. The van der Waals surface area contributed by atoms with Gasteiger partial charge in [-0.1, -0.05) is 13.8 Å². The number of hydrogen-bond donors (Lipinski definition) is 4. The topological polar surface area (TPSA) is 176 Å². The van der Waals surface area contributed by atoms with Crippen molar-refractivity contribution >= 4 is 32.9 Å². The number of ether oxygens (including phenoxy) is 1. The molecule has 3 rings (SSSR count). The first-order chi connectivity index (χ1) is 13.0. The van der Waals surface area contributed by atoms with Gasteiger partial charge in [0.2, 0.25) is 11.9 Å². The van der Waals surface area contributed by atoms with E-state index in [-0.39, 0.29) is 28.9 Å². The lowest BCUT2D eigenvalue weighted by molar-refractivity contribution is -0.118. The van der Waals surface area contributed by atoms with Crippen molar-refractivity contribution < 1.29 is 28.2 Å². The van der Waals surface area contributed by atoms with Crippen LogP contribution in [0.15, 0.2) is 11.1 Å². The summed E-state index contributed by atoms with van der Waals surface area (Å²) in [6.45, 7) is 2.73. The molecule has 1 aliphatic heterocycles. The molecule has 0 bridgehead atoms. The van der Waals surface area contributed by atoms with E-state index in [1.54, 1.807) is 13.8 Å². The van der Waals surface area contributed by atoms with Crippen molar-refractivity contribution in [2.24, 2.45) is 5.92 Å². The molecule has 1 amide bonds. The molecule has 1 aliphatic rings. The van der Waals surface area contributed by atoms with Crippen LogP contribution in [0.25, 0.3) is 11.2 Å². The van der Waals surface area contributed by atoms with Gasteiger partial charge in [0.15, 0.2) is 27.2 Å². The molecule has 154 valence electrons. The summed E-state index contributed by atoms with van der Waals surface area (Å²) in [5, 5.41) is 20.7. The number of nitrogens with zero attached hydrogens (tertiary/aromatic N) is 3. The highest BCUT2D eigenvalue weighted by Gasteiger charge is 2.50. The van der Waals surface area contributed by atoms with Crippen molar-refractivity contribution in [3.63, 3.8) is 0 Å². The van der Waals surface area contributed by atoms with E-state index in [9.17, 15) is 28.2 Å². The van der Waals surface area contributed by atoms with E-state index in [0.717, 1.165) is 12.6 Å². The van der Waals surface area contributed by atoms with Crippen LogP contribution in [0.2, 0.25) is 0 Å². The zero-order valence-electron chi connectivity index (χ0n) is 15.4. The van der Waals surface area contributed by atoms with E-state index in [0.29, 0.717) is 0 Å². The number of imidazole rings is 1. The average molecular weight is 415 g/mol. The van der Waals surface area contributed by atoms with Gasteiger partial charge in [-0.3, -0.25) is 24.5 Å². The maximum absolute atomic E-state index is 12.3. The SMILES string of the molecule is CC(C)C(=O)Nc1nc2c(ncn2[C@@H]2O[C@H](CO)[C@@H](O)[C@H]2S(C)(=O)=O)c(=O)[nH]1. The van der Waals surface area contributed by atoms with Gasteiger partial charge in [0, 0.05) is 12.2 Å². The summed E-state index contributed by atoms with van der Waals surface area (Å²) < 4.78 is 31.1. The Morgan fingerprint density at radius 3 is 2.71 bits per heavy atom. The summed E-state index contributed by atoms with van der Waals surface area (Å²) >= 11 is 0. The van der Waals surface area contributed by atoms with Crippen molar-refractivity contribution in [1.82, 2.24) is 19.5 Å². The predicted molar refractivity (Wildman–Crippen MR) is 97.3 cm³/mol. The zero-order valence-corrected chi connectivity index (χ0v) is 16.2. The molecule has 13 heteroatoms. The van der Waals surface area contributed by atoms with Crippen LogP contribution in [0.3, 0.4) is 0 Å². The van der Waals surface area contributed by atoms with Gasteiger partial charge >= 0.3 is 0 Å². The molecule has 1 fully saturated rings. The van der Waals surface area contributed by atoms with E-state index in [2.05, 4.69) is 20.3 Å². The Balaban J connectivity index is 2.11. The Bertz CT molecular complexity index is 1060. The van der Waals surface area contributed by atoms with Gasteiger partial charge in [0.05, 0.1) is 12.9 Å². The van der Waals surface area contributed by atoms with E-state index in [1.807, 2.05) is 0 Å². The monoisotopic (exact) mass is 415 g/mol. The number of aliphatic hydroxyl groups excluding tert-OH is 2. The van der Waals surface area contributed by atoms with E-state index in [4.69, 9.17) is 4.74 Å². The quantitative estimate of drug-likeness (QED) is 0.447. The molecule has 1 saturated heterocycles. The number of anilines is 1. The first-order valence-corrected chi connectivity index (χ1v) is 10.4. The van der Waals surface area contributed by atoms with Crippen molar-refractivity contribution in [2.45, 2.75) is 37.5 Å². The first kappa shape index (κ1) is 20.4. The molecule has 0 spiro atoms. The zero-order chi connectivity index (χ0) is 20.8. The number of aromatic amines is 1. The van der Waals surface area contributed by atoms with E-state index >= 15 is 0 Å². The Morgan fingerprint density at radius 2 is 2.14 bits per heavy atom. The molecule has 4 N–H and O–H groups in total. The van der Waals surface area contributed by atoms with Crippen molar-refractivity contribution in [2.75, 3.05) is 18.2 Å². The summed E-state index contributed by atoms with van der Waals surface area (Å²) in [4.78, 5) is 34.6. The van der Waals surface area contributed by atoms with Gasteiger partial charge in [0.1, 0.15) is 17.5 Å². The molecule has 3 heterocycles. The van der Waals surface area contributed by atoms with E-state index < -0.39 is 45.7 Å². The van der Waals surface area contributed by atoms with Crippen LogP contribution in [-0.4, -0.2) is 74.4 Å². The highest BCUT2D eigenvalue weighted by molar-refractivity contribution is 7.91. The van der Waals surface area contributed by atoms with Gasteiger partial charge in [-0.25, -0.2) is 13.4 Å². The molecule has 0 saturated carbocycles. The number of carbonyl (C=O) groups excluding carboxylic acids is 1. The molecule has 2 aromatic heterocycles. The minimum atomic E-state index is -3.81. The largest absolute Gasteiger partial charge is 0.394 e. The number of carbonyl (C=O) groups is 1. The number of aliphatic hydroxyl groups is 2. The highest BCUT2D eigenvalue weighted by Crippen LogP contribution is 2.35. The van der Waals surface area contributed by atoms with Gasteiger partial charge < -0.3 is 14.9 Å². The Kier molecular flexibility index (Phi) is 5.27. The van der Waals surface area contributed by atoms with Gasteiger partial charge in [-0.05, 0) is 0 Å². The van der Waals surface area contributed by atoms with Gasteiger partial charge in [0.25, 0.3) is 5.56 Å². The third kappa shape index (κ3) is 3.53. The fourth-order valence-electron chi connectivity index (χ4n) is 2.99. The second-order valence-corrected chi connectivity index (χ2v) is 9.12. The summed E-state index contributed by atoms with van der Waals surface area (Å²) in [6.07, 6.45) is -1.79. The predicted octanol–water partition coefficient (Wildman–Crippen LogP) is -1.62.